The number of hydrogen-bond acceptors (Lipinski definition) is 1. The number of carbonyl (C=O) groups is 1. The monoisotopic (exact) mass is 228 g/mol. The summed E-state index contributed by atoms with van der Waals surface area (Å²) in [6.07, 6.45) is 0. The van der Waals surface area contributed by atoms with Crippen LogP contribution in [0.15, 0.2) is 0 Å². The standard InChI is InChI=1S/CH3NO.W/c2-1-3;/h1H,(H2,2,3);/q;+2/p-1. The zero-order valence-electron chi connectivity index (χ0n) is 1.89. The number of carbonyl (C=O) groups excluding carboxylic acids is 1. The van der Waals surface area contributed by atoms with Crippen molar-refractivity contribution < 1.29 is 25.9 Å². The largest absolute Gasteiger partial charge is 2.00 e. The van der Waals surface area contributed by atoms with Crippen LogP contribution in [0.4, 0.5) is 0 Å². The fraction of sp³-hybridized carbons (Fsp3) is 0. The summed E-state index contributed by atoms with van der Waals surface area (Å²) in [5.74, 6) is 0. The molecule has 0 aliphatic heterocycles. The molecule has 4 heavy (non-hydrogen) atoms. The fourth-order valence-electron chi connectivity index (χ4n) is 0. The van der Waals surface area contributed by atoms with E-state index in [9.17, 15) is 0 Å². The summed E-state index contributed by atoms with van der Waals surface area (Å²) in [4.78, 5) is 8.47. The first kappa shape index (κ1) is 8.90. The molecule has 0 aromatic rings. The van der Waals surface area contributed by atoms with E-state index in [1.165, 1.54) is 0 Å². The molecule has 0 aromatic heterocycles. The van der Waals surface area contributed by atoms with Gasteiger partial charge < -0.3 is 10.5 Å². The van der Waals surface area contributed by atoms with Gasteiger partial charge in [-0.1, -0.05) is 0 Å². The number of nitrogens with one attached hydrogen (secondary N) is 1. The third-order valence-corrected chi connectivity index (χ3v) is 0. The molecule has 0 unspecified atom stereocenters. The van der Waals surface area contributed by atoms with Crippen molar-refractivity contribution in [3.05, 3.63) is 5.73 Å². The van der Waals surface area contributed by atoms with E-state index < -0.39 is 0 Å². The molecule has 1 N–H and O–H groups in total. The predicted octanol–water partition coefficient (Wildman–Crippen LogP) is 0.193. The molecule has 2 nitrogen and oxygen atoms in total. The van der Waals surface area contributed by atoms with Crippen LogP contribution in [0.5, 0.6) is 0 Å². The third kappa shape index (κ3) is 116. The molecule has 3 heteroatoms. The Morgan fingerprint density at radius 2 is 1.75 bits per heavy atom. The minimum absolute atomic E-state index is 0. The molecule has 0 aliphatic carbocycles. The first-order valence-electron chi connectivity index (χ1n) is 0.524. The Balaban J connectivity index is 0. The van der Waals surface area contributed by atoms with Gasteiger partial charge in [0.05, 0.1) is 0 Å². The van der Waals surface area contributed by atoms with Gasteiger partial charge in [0.15, 0.2) is 0 Å². The molecule has 22 valence electrons. The minimum atomic E-state index is 0. The topological polar surface area (TPSA) is 40.9 Å². The SMILES string of the molecule is [NH-]C=O.[W+2]. The van der Waals surface area contributed by atoms with Gasteiger partial charge in [-0.25, -0.2) is 0 Å². The van der Waals surface area contributed by atoms with Crippen LogP contribution in [0.1, 0.15) is 0 Å². The van der Waals surface area contributed by atoms with Gasteiger partial charge in [-0.05, 0) is 0 Å². The molecule has 0 aliphatic rings. The van der Waals surface area contributed by atoms with E-state index >= 15 is 0 Å². The maximum absolute atomic E-state index is 8.47. The Kier molecular flexibility index (Phi) is 24.4. The van der Waals surface area contributed by atoms with Crippen LogP contribution < -0.4 is 0 Å². The fourth-order valence-corrected chi connectivity index (χ4v) is 0. The Hall–Kier alpha value is 0.158. The van der Waals surface area contributed by atoms with E-state index in [2.05, 4.69) is 0 Å². The molecule has 0 atom stereocenters. The van der Waals surface area contributed by atoms with Gasteiger partial charge in [0.1, 0.15) is 0 Å². The Labute approximate surface area is 38.6 Å². The average molecular weight is 228 g/mol. The van der Waals surface area contributed by atoms with E-state index in [4.69, 9.17) is 10.5 Å². The quantitative estimate of drug-likeness (QED) is 0.545. The molecule has 0 radical (unpaired) electrons. The molecular weight excluding hydrogens is 226 g/mol. The van der Waals surface area contributed by atoms with Crippen LogP contribution in [-0.2, 0) is 25.9 Å². The normalized spacial score (nSPS) is 3.00. The molecule has 0 aromatic carbocycles. The van der Waals surface area contributed by atoms with Gasteiger partial charge in [-0.2, -0.15) is 0 Å². The molecule has 1 amide bonds. The zero-order chi connectivity index (χ0) is 2.71. The molecule has 0 bridgehead atoms. The molecule has 0 saturated carbocycles. The van der Waals surface area contributed by atoms with Crippen molar-refractivity contribution in [2.45, 2.75) is 0 Å². The minimum Gasteiger partial charge on any atom is -0.671 e. The van der Waals surface area contributed by atoms with E-state index in [0.717, 1.165) is 0 Å². The van der Waals surface area contributed by atoms with Crippen LogP contribution in [0.25, 0.3) is 5.73 Å². The summed E-state index contributed by atoms with van der Waals surface area (Å²) in [5.41, 5.74) is 5.53. The van der Waals surface area contributed by atoms with Crippen molar-refractivity contribution >= 4 is 6.41 Å². The van der Waals surface area contributed by atoms with Crippen molar-refractivity contribution in [2.24, 2.45) is 0 Å². The Morgan fingerprint density at radius 3 is 1.75 bits per heavy atom. The van der Waals surface area contributed by atoms with Gasteiger partial charge in [-0.3, -0.25) is 0 Å². The van der Waals surface area contributed by atoms with Crippen LogP contribution in [0.2, 0.25) is 0 Å². The average Bonchev–Trinajstić information content (AvgIpc) is 0.918. The molecule has 0 spiro atoms. The summed E-state index contributed by atoms with van der Waals surface area (Å²) in [5, 5.41) is 0. The Morgan fingerprint density at radius 1 is 1.75 bits per heavy atom. The first-order valence-corrected chi connectivity index (χ1v) is 0.524. The van der Waals surface area contributed by atoms with Gasteiger partial charge in [0, 0.05) is 6.41 Å². The van der Waals surface area contributed by atoms with Crippen molar-refractivity contribution in [1.82, 2.24) is 0 Å². The first-order chi connectivity index (χ1) is 1.41. The van der Waals surface area contributed by atoms with E-state index in [0.29, 0.717) is 0 Å². The molecule has 0 saturated heterocycles. The third-order valence-electron chi connectivity index (χ3n) is 0. The maximum atomic E-state index is 8.47. The summed E-state index contributed by atoms with van der Waals surface area (Å²) < 4.78 is 0. The van der Waals surface area contributed by atoms with E-state index in [-0.39, 0.29) is 27.5 Å². The second-order valence-corrected chi connectivity index (χ2v) is 0.118. The van der Waals surface area contributed by atoms with Crippen LogP contribution in [0.3, 0.4) is 0 Å². The summed E-state index contributed by atoms with van der Waals surface area (Å²) in [7, 11) is 0. The molecule has 0 heterocycles. The summed E-state index contributed by atoms with van der Waals surface area (Å²) in [6.45, 7) is 0. The number of rotatable bonds is 0. The molecule has 0 fully saturated rings. The van der Waals surface area contributed by atoms with Crippen molar-refractivity contribution in [3.63, 3.8) is 0 Å². The second kappa shape index (κ2) is 11.0. The molecule has 0 rings (SSSR count). The van der Waals surface area contributed by atoms with Crippen LogP contribution in [0, 0.1) is 0 Å². The van der Waals surface area contributed by atoms with E-state index in [1.807, 2.05) is 0 Å². The number of amides is 1. The smallest absolute Gasteiger partial charge is 0.671 e. The van der Waals surface area contributed by atoms with Crippen LogP contribution in [-0.4, -0.2) is 6.41 Å². The van der Waals surface area contributed by atoms with Crippen molar-refractivity contribution in [1.29, 1.82) is 0 Å². The summed E-state index contributed by atoms with van der Waals surface area (Å²) in [6, 6.07) is 0. The Bertz CT molecular complexity index is 15.5. The van der Waals surface area contributed by atoms with E-state index in [1.54, 1.807) is 0 Å². The van der Waals surface area contributed by atoms with Gasteiger partial charge >= 0.3 is 21.1 Å². The zero-order valence-corrected chi connectivity index (χ0v) is 4.83. The van der Waals surface area contributed by atoms with Gasteiger partial charge in [0.2, 0.25) is 0 Å². The van der Waals surface area contributed by atoms with Crippen LogP contribution >= 0.6 is 0 Å². The molecular formula is CH2NOW+. The van der Waals surface area contributed by atoms with Crippen molar-refractivity contribution in [2.75, 3.05) is 0 Å². The number of hydrogen-bond donors (Lipinski definition) is 0. The maximum Gasteiger partial charge on any atom is 2.00 e. The van der Waals surface area contributed by atoms with Gasteiger partial charge in [0.25, 0.3) is 0 Å². The predicted molar refractivity (Wildman–Crippen MR) is 10.4 cm³/mol. The summed E-state index contributed by atoms with van der Waals surface area (Å²) >= 11 is 0. The van der Waals surface area contributed by atoms with Gasteiger partial charge in [-0.15, -0.1) is 0 Å². The second-order valence-electron chi connectivity index (χ2n) is 0.118. The van der Waals surface area contributed by atoms with Crippen molar-refractivity contribution in [3.8, 4) is 0 Å².